The Kier molecular flexibility index (Phi) is 4.25. The number of para-hydroxylation sites is 1. The smallest absolute Gasteiger partial charge is 0.241 e. The lowest BCUT2D eigenvalue weighted by molar-refractivity contribution is -0.122. The molecule has 118 valence electrons. The van der Waals surface area contributed by atoms with Gasteiger partial charge in [-0.2, -0.15) is 0 Å². The van der Waals surface area contributed by atoms with E-state index in [1.807, 2.05) is 30.3 Å². The van der Waals surface area contributed by atoms with Gasteiger partial charge in [0, 0.05) is 17.5 Å². The molecule has 0 aliphatic carbocycles. The number of aromatic nitrogens is 2. The summed E-state index contributed by atoms with van der Waals surface area (Å²) in [6.07, 6.45) is 1.73. The second kappa shape index (κ2) is 6.50. The molecule has 0 saturated heterocycles. The number of methoxy groups -OCH3 is 1. The number of hydrogen-bond acceptors (Lipinski definition) is 4. The van der Waals surface area contributed by atoms with Crippen LogP contribution in [-0.4, -0.2) is 23.0 Å². The monoisotopic (exact) mass is 310 g/mol. The Bertz CT molecular complexity index is 795. The number of aromatic amines is 1. The van der Waals surface area contributed by atoms with Crippen molar-refractivity contribution in [2.75, 3.05) is 7.11 Å². The normalized spacial score (nSPS) is 12.1. The van der Waals surface area contributed by atoms with Crippen LogP contribution in [0.1, 0.15) is 17.3 Å². The van der Waals surface area contributed by atoms with E-state index in [9.17, 15) is 4.79 Å². The highest BCUT2D eigenvalue weighted by Crippen LogP contribution is 2.23. The van der Waals surface area contributed by atoms with E-state index < -0.39 is 6.04 Å². The summed E-state index contributed by atoms with van der Waals surface area (Å²) in [6, 6.07) is 12.2. The molecule has 0 aliphatic rings. The number of ether oxygens (including phenoxy) is 1. The number of hydrogen-bond donors (Lipinski definition) is 3. The van der Waals surface area contributed by atoms with Crippen molar-refractivity contribution in [3.63, 3.8) is 0 Å². The van der Waals surface area contributed by atoms with E-state index in [-0.39, 0.29) is 5.91 Å². The zero-order valence-electron chi connectivity index (χ0n) is 12.7. The van der Waals surface area contributed by atoms with Gasteiger partial charge in [-0.05, 0) is 24.3 Å². The first kappa shape index (κ1) is 15.1. The Morgan fingerprint density at radius 3 is 2.96 bits per heavy atom. The molecule has 0 saturated carbocycles. The van der Waals surface area contributed by atoms with Crippen LogP contribution in [-0.2, 0) is 11.3 Å². The molecule has 0 aliphatic heterocycles. The fraction of sp³-hybridized carbons (Fsp3) is 0.176. The molecular weight excluding hydrogens is 292 g/mol. The average Bonchev–Trinajstić information content (AvgIpc) is 3.01. The standard InChI is InChI=1S/C17H18N4O2/c1-23-15-7-3-2-5-12(15)16(18)17(22)20-10-11-9-14-13(21-11)6-4-8-19-14/h2-9,16,21H,10,18H2,1H3,(H,20,22). The number of rotatable bonds is 5. The van der Waals surface area contributed by atoms with Crippen molar-refractivity contribution in [2.45, 2.75) is 12.6 Å². The van der Waals surface area contributed by atoms with Gasteiger partial charge in [0.25, 0.3) is 0 Å². The summed E-state index contributed by atoms with van der Waals surface area (Å²) in [4.78, 5) is 19.7. The first-order valence-corrected chi connectivity index (χ1v) is 7.28. The first-order chi connectivity index (χ1) is 11.2. The lowest BCUT2D eigenvalue weighted by atomic mass is 10.1. The molecule has 1 aromatic carbocycles. The van der Waals surface area contributed by atoms with E-state index in [2.05, 4.69) is 15.3 Å². The predicted molar refractivity (Wildman–Crippen MR) is 87.9 cm³/mol. The second-order valence-corrected chi connectivity index (χ2v) is 5.17. The van der Waals surface area contributed by atoms with Crippen LogP contribution in [0.25, 0.3) is 11.0 Å². The Labute approximate surface area is 133 Å². The van der Waals surface area contributed by atoms with Crippen molar-refractivity contribution in [3.05, 3.63) is 59.9 Å². The summed E-state index contributed by atoms with van der Waals surface area (Å²) in [6.45, 7) is 0.359. The van der Waals surface area contributed by atoms with Gasteiger partial charge in [0.1, 0.15) is 11.8 Å². The molecular formula is C17H18N4O2. The molecule has 0 fully saturated rings. The molecule has 3 rings (SSSR count). The van der Waals surface area contributed by atoms with E-state index in [1.54, 1.807) is 25.4 Å². The number of nitrogens with one attached hydrogen (secondary N) is 2. The highest BCUT2D eigenvalue weighted by Gasteiger charge is 2.19. The lowest BCUT2D eigenvalue weighted by Crippen LogP contribution is -2.34. The number of fused-ring (bicyclic) bond motifs is 1. The molecule has 1 amide bonds. The van der Waals surface area contributed by atoms with Crippen molar-refractivity contribution >= 4 is 16.9 Å². The van der Waals surface area contributed by atoms with Gasteiger partial charge in [0.05, 0.1) is 24.7 Å². The lowest BCUT2D eigenvalue weighted by Gasteiger charge is -2.15. The minimum atomic E-state index is -0.784. The van der Waals surface area contributed by atoms with Crippen molar-refractivity contribution in [1.82, 2.24) is 15.3 Å². The molecule has 0 radical (unpaired) electrons. The number of nitrogens with zero attached hydrogens (tertiary/aromatic N) is 1. The zero-order valence-corrected chi connectivity index (χ0v) is 12.7. The van der Waals surface area contributed by atoms with Crippen molar-refractivity contribution in [1.29, 1.82) is 0 Å². The van der Waals surface area contributed by atoms with E-state index in [0.717, 1.165) is 16.7 Å². The first-order valence-electron chi connectivity index (χ1n) is 7.28. The summed E-state index contributed by atoms with van der Waals surface area (Å²) in [5, 5.41) is 2.83. The molecule has 23 heavy (non-hydrogen) atoms. The molecule has 1 atom stereocenters. The van der Waals surface area contributed by atoms with Crippen LogP contribution in [0.5, 0.6) is 5.75 Å². The Morgan fingerprint density at radius 1 is 1.35 bits per heavy atom. The largest absolute Gasteiger partial charge is 0.496 e. The Balaban J connectivity index is 1.69. The number of carbonyl (C=O) groups is 1. The van der Waals surface area contributed by atoms with E-state index >= 15 is 0 Å². The Morgan fingerprint density at radius 2 is 2.17 bits per heavy atom. The third-order valence-corrected chi connectivity index (χ3v) is 3.65. The van der Waals surface area contributed by atoms with Gasteiger partial charge in [0.2, 0.25) is 5.91 Å². The summed E-state index contributed by atoms with van der Waals surface area (Å²) in [5.74, 6) is 0.339. The Hall–Kier alpha value is -2.86. The van der Waals surface area contributed by atoms with E-state index in [1.165, 1.54) is 0 Å². The summed E-state index contributed by atoms with van der Waals surface area (Å²) < 4.78 is 5.24. The SMILES string of the molecule is COc1ccccc1C(N)C(=O)NCc1cc2ncccc2[nH]1. The van der Waals surface area contributed by atoms with Crippen molar-refractivity contribution < 1.29 is 9.53 Å². The van der Waals surface area contributed by atoms with Crippen LogP contribution >= 0.6 is 0 Å². The summed E-state index contributed by atoms with van der Waals surface area (Å²) in [7, 11) is 1.56. The van der Waals surface area contributed by atoms with Crippen LogP contribution in [0, 0.1) is 0 Å². The highest BCUT2D eigenvalue weighted by atomic mass is 16.5. The zero-order chi connectivity index (χ0) is 16.2. The fourth-order valence-corrected chi connectivity index (χ4v) is 2.46. The highest BCUT2D eigenvalue weighted by molar-refractivity contribution is 5.84. The number of amides is 1. The number of H-pyrrole nitrogens is 1. The second-order valence-electron chi connectivity index (χ2n) is 5.17. The minimum absolute atomic E-state index is 0.263. The van der Waals surface area contributed by atoms with Gasteiger partial charge in [-0.25, -0.2) is 0 Å². The number of benzene rings is 1. The molecule has 2 heterocycles. The maximum absolute atomic E-state index is 12.3. The fourth-order valence-electron chi connectivity index (χ4n) is 2.46. The molecule has 4 N–H and O–H groups in total. The number of carbonyl (C=O) groups excluding carboxylic acids is 1. The van der Waals surface area contributed by atoms with Gasteiger partial charge in [0.15, 0.2) is 0 Å². The van der Waals surface area contributed by atoms with Crippen LogP contribution in [0.15, 0.2) is 48.7 Å². The average molecular weight is 310 g/mol. The van der Waals surface area contributed by atoms with Gasteiger partial charge in [-0.3, -0.25) is 9.78 Å². The van der Waals surface area contributed by atoms with Crippen molar-refractivity contribution in [3.8, 4) is 5.75 Å². The van der Waals surface area contributed by atoms with Crippen LogP contribution < -0.4 is 15.8 Å². The quantitative estimate of drug-likeness (QED) is 0.671. The third kappa shape index (κ3) is 3.17. The van der Waals surface area contributed by atoms with Crippen molar-refractivity contribution in [2.24, 2.45) is 5.73 Å². The van der Waals surface area contributed by atoms with Crippen LogP contribution in [0.3, 0.4) is 0 Å². The molecule has 6 nitrogen and oxygen atoms in total. The van der Waals surface area contributed by atoms with Gasteiger partial charge in [-0.1, -0.05) is 18.2 Å². The predicted octanol–water partition coefficient (Wildman–Crippen LogP) is 1.89. The maximum atomic E-state index is 12.3. The van der Waals surface area contributed by atoms with Crippen LogP contribution in [0.2, 0.25) is 0 Å². The van der Waals surface area contributed by atoms with E-state index in [0.29, 0.717) is 17.9 Å². The molecule has 0 spiro atoms. The molecule has 1 unspecified atom stereocenters. The topological polar surface area (TPSA) is 93.0 Å². The molecule has 6 heteroatoms. The summed E-state index contributed by atoms with van der Waals surface area (Å²) in [5.41, 5.74) is 9.37. The summed E-state index contributed by atoms with van der Waals surface area (Å²) >= 11 is 0. The van der Waals surface area contributed by atoms with Crippen LogP contribution in [0.4, 0.5) is 0 Å². The molecule has 3 aromatic rings. The van der Waals surface area contributed by atoms with E-state index in [4.69, 9.17) is 10.5 Å². The molecule has 2 aromatic heterocycles. The van der Waals surface area contributed by atoms with Gasteiger partial charge >= 0.3 is 0 Å². The minimum Gasteiger partial charge on any atom is -0.496 e. The maximum Gasteiger partial charge on any atom is 0.241 e. The van der Waals surface area contributed by atoms with Gasteiger partial charge in [-0.15, -0.1) is 0 Å². The third-order valence-electron chi connectivity index (χ3n) is 3.65. The molecule has 0 bridgehead atoms. The van der Waals surface area contributed by atoms with Gasteiger partial charge < -0.3 is 20.8 Å². The number of pyridine rings is 1. The number of nitrogens with two attached hydrogens (primary N) is 1.